The number of aromatic nitrogens is 2. The molecule has 4 heteroatoms. The second kappa shape index (κ2) is 5.39. The lowest BCUT2D eigenvalue weighted by Gasteiger charge is -2.23. The van der Waals surface area contributed by atoms with Crippen LogP contribution in [0.5, 0.6) is 0 Å². The largest absolute Gasteiger partial charge is 0.338 e. The van der Waals surface area contributed by atoms with Crippen LogP contribution in [0.3, 0.4) is 0 Å². The van der Waals surface area contributed by atoms with Crippen LogP contribution in [0.2, 0.25) is 0 Å². The van der Waals surface area contributed by atoms with Gasteiger partial charge in [0.1, 0.15) is 0 Å². The molecule has 1 heterocycles. The predicted octanol–water partition coefficient (Wildman–Crippen LogP) is 3.55. The van der Waals surface area contributed by atoms with Gasteiger partial charge in [0.2, 0.25) is 5.89 Å². The molecule has 0 radical (unpaired) electrons. The molecular weight excluding hydrogens is 226 g/mol. The highest BCUT2D eigenvalue weighted by molar-refractivity contribution is 5.01. The molecule has 2 N–H and O–H groups in total. The van der Waals surface area contributed by atoms with Gasteiger partial charge in [0.25, 0.3) is 0 Å². The van der Waals surface area contributed by atoms with Gasteiger partial charge in [-0.15, -0.1) is 0 Å². The summed E-state index contributed by atoms with van der Waals surface area (Å²) >= 11 is 0. The van der Waals surface area contributed by atoms with E-state index in [4.69, 9.17) is 10.3 Å². The Morgan fingerprint density at radius 1 is 1.17 bits per heavy atom. The molecule has 1 atom stereocenters. The quantitative estimate of drug-likeness (QED) is 0.816. The van der Waals surface area contributed by atoms with E-state index in [1.165, 1.54) is 38.5 Å². The van der Waals surface area contributed by atoms with Crippen LogP contribution >= 0.6 is 0 Å². The lowest BCUT2D eigenvalue weighted by molar-refractivity contribution is 0.252. The zero-order valence-corrected chi connectivity index (χ0v) is 11.8. The Morgan fingerprint density at radius 3 is 2.33 bits per heavy atom. The predicted molar refractivity (Wildman–Crippen MR) is 71.1 cm³/mol. The van der Waals surface area contributed by atoms with Crippen molar-refractivity contribution in [2.24, 2.45) is 11.1 Å². The van der Waals surface area contributed by atoms with Crippen LogP contribution in [0.4, 0.5) is 0 Å². The summed E-state index contributed by atoms with van der Waals surface area (Å²) in [6.07, 6.45) is 7.60. The first kappa shape index (κ1) is 13.5. The smallest absolute Gasteiger partial charge is 0.244 e. The van der Waals surface area contributed by atoms with Crippen molar-refractivity contribution in [2.75, 3.05) is 0 Å². The van der Waals surface area contributed by atoms with Gasteiger partial charge in [0, 0.05) is 5.92 Å². The maximum absolute atomic E-state index is 6.15. The summed E-state index contributed by atoms with van der Waals surface area (Å²) in [5.41, 5.74) is 6.10. The van der Waals surface area contributed by atoms with Crippen molar-refractivity contribution in [1.29, 1.82) is 0 Å². The van der Waals surface area contributed by atoms with Crippen LogP contribution in [0, 0.1) is 5.41 Å². The molecule has 0 unspecified atom stereocenters. The standard InChI is InChI=1S/C14H25N3O/c1-14(2,3)11(15)13-16-12(17-18-13)10-8-6-4-5-7-9-10/h10-11H,4-9,15H2,1-3H3/t11-/m0/s1. The Bertz CT molecular complexity index is 373. The summed E-state index contributed by atoms with van der Waals surface area (Å²) in [5.74, 6) is 1.92. The first-order valence-electron chi connectivity index (χ1n) is 7.07. The Kier molecular flexibility index (Phi) is 4.05. The van der Waals surface area contributed by atoms with E-state index in [1.807, 2.05) is 0 Å². The van der Waals surface area contributed by atoms with Gasteiger partial charge in [-0.1, -0.05) is 51.6 Å². The topological polar surface area (TPSA) is 64.9 Å². The molecule has 1 aliphatic rings. The summed E-state index contributed by atoms with van der Waals surface area (Å²) in [6, 6.07) is -0.190. The first-order valence-corrected chi connectivity index (χ1v) is 7.07. The highest BCUT2D eigenvalue weighted by atomic mass is 16.5. The van der Waals surface area contributed by atoms with Gasteiger partial charge in [-0.05, 0) is 18.3 Å². The van der Waals surface area contributed by atoms with E-state index in [-0.39, 0.29) is 11.5 Å². The van der Waals surface area contributed by atoms with Crippen LogP contribution in [-0.4, -0.2) is 10.1 Å². The molecule has 102 valence electrons. The SMILES string of the molecule is CC(C)(C)[C@@H](N)c1nc(C2CCCCCC2)no1. The lowest BCUT2D eigenvalue weighted by Crippen LogP contribution is -2.26. The molecule has 0 amide bonds. The normalized spacial score (nSPS) is 20.7. The molecule has 0 bridgehead atoms. The van der Waals surface area contributed by atoms with E-state index in [2.05, 4.69) is 30.9 Å². The zero-order chi connectivity index (χ0) is 13.2. The number of nitrogens with zero attached hydrogens (tertiary/aromatic N) is 2. The highest BCUT2D eigenvalue weighted by Gasteiger charge is 2.29. The summed E-state index contributed by atoms with van der Waals surface area (Å²) < 4.78 is 5.36. The fraction of sp³-hybridized carbons (Fsp3) is 0.857. The minimum Gasteiger partial charge on any atom is -0.338 e. The van der Waals surface area contributed by atoms with Crippen LogP contribution in [-0.2, 0) is 0 Å². The van der Waals surface area contributed by atoms with E-state index in [9.17, 15) is 0 Å². The summed E-state index contributed by atoms with van der Waals surface area (Å²) in [6.45, 7) is 6.27. The van der Waals surface area contributed by atoms with Gasteiger partial charge < -0.3 is 10.3 Å². The third kappa shape index (κ3) is 3.10. The zero-order valence-electron chi connectivity index (χ0n) is 11.8. The highest BCUT2D eigenvalue weighted by Crippen LogP contribution is 2.33. The third-order valence-electron chi connectivity index (χ3n) is 3.88. The first-order chi connectivity index (χ1) is 8.48. The van der Waals surface area contributed by atoms with Crippen molar-refractivity contribution in [3.63, 3.8) is 0 Å². The number of hydrogen-bond acceptors (Lipinski definition) is 4. The van der Waals surface area contributed by atoms with Crippen LogP contribution < -0.4 is 5.73 Å². The van der Waals surface area contributed by atoms with Crippen molar-refractivity contribution in [2.45, 2.75) is 71.3 Å². The van der Waals surface area contributed by atoms with Crippen LogP contribution in [0.15, 0.2) is 4.52 Å². The Morgan fingerprint density at radius 2 is 1.78 bits per heavy atom. The molecule has 18 heavy (non-hydrogen) atoms. The van der Waals surface area contributed by atoms with E-state index in [1.54, 1.807) is 0 Å². The van der Waals surface area contributed by atoms with E-state index >= 15 is 0 Å². The van der Waals surface area contributed by atoms with Gasteiger partial charge in [0.15, 0.2) is 5.82 Å². The van der Waals surface area contributed by atoms with Gasteiger partial charge >= 0.3 is 0 Å². The second-order valence-electron chi connectivity index (χ2n) is 6.52. The van der Waals surface area contributed by atoms with Crippen LogP contribution in [0.25, 0.3) is 0 Å². The van der Waals surface area contributed by atoms with Crippen molar-refractivity contribution >= 4 is 0 Å². The fourth-order valence-corrected chi connectivity index (χ4v) is 2.45. The molecule has 2 rings (SSSR count). The van der Waals surface area contributed by atoms with Gasteiger partial charge in [-0.3, -0.25) is 0 Å². The van der Waals surface area contributed by atoms with Crippen molar-refractivity contribution in [3.05, 3.63) is 11.7 Å². The summed E-state index contributed by atoms with van der Waals surface area (Å²) in [5, 5.41) is 4.15. The van der Waals surface area contributed by atoms with Crippen molar-refractivity contribution < 1.29 is 4.52 Å². The number of rotatable bonds is 2. The van der Waals surface area contributed by atoms with Crippen LogP contribution in [0.1, 0.15) is 83.0 Å². The molecule has 0 spiro atoms. The molecular formula is C14H25N3O. The van der Waals surface area contributed by atoms with Crippen molar-refractivity contribution in [3.8, 4) is 0 Å². The minimum absolute atomic E-state index is 0.0484. The van der Waals surface area contributed by atoms with E-state index < -0.39 is 0 Å². The molecule has 1 aliphatic carbocycles. The lowest BCUT2D eigenvalue weighted by atomic mass is 9.87. The maximum atomic E-state index is 6.15. The van der Waals surface area contributed by atoms with Gasteiger partial charge in [-0.25, -0.2) is 0 Å². The molecule has 1 saturated carbocycles. The summed E-state index contributed by atoms with van der Waals surface area (Å²) in [7, 11) is 0. The summed E-state index contributed by atoms with van der Waals surface area (Å²) in [4.78, 5) is 4.54. The third-order valence-corrected chi connectivity index (χ3v) is 3.88. The monoisotopic (exact) mass is 251 g/mol. The number of hydrogen-bond donors (Lipinski definition) is 1. The Labute approximate surface area is 109 Å². The molecule has 0 saturated heterocycles. The average Bonchev–Trinajstić information content (AvgIpc) is 2.62. The second-order valence-corrected chi connectivity index (χ2v) is 6.52. The molecule has 4 nitrogen and oxygen atoms in total. The van der Waals surface area contributed by atoms with E-state index in [0.717, 1.165) is 5.82 Å². The average molecular weight is 251 g/mol. The van der Waals surface area contributed by atoms with E-state index in [0.29, 0.717) is 11.8 Å². The fourth-order valence-electron chi connectivity index (χ4n) is 2.45. The Hall–Kier alpha value is -0.900. The van der Waals surface area contributed by atoms with Gasteiger partial charge in [-0.2, -0.15) is 4.98 Å². The van der Waals surface area contributed by atoms with Gasteiger partial charge in [0.05, 0.1) is 6.04 Å². The number of nitrogens with two attached hydrogens (primary N) is 1. The van der Waals surface area contributed by atoms with Crippen molar-refractivity contribution in [1.82, 2.24) is 10.1 Å². The molecule has 0 aromatic carbocycles. The molecule has 1 aromatic heterocycles. The molecule has 0 aliphatic heterocycles. The Balaban J connectivity index is 2.09. The molecule has 1 fully saturated rings. The maximum Gasteiger partial charge on any atom is 0.244 e. The minimum atomic E-state index is -0.190. The molecule has 1 aromatic rings.